The summed E-state index contributed by atoms with van der Waals surface area (Å²) < 4.78 is 10.5. The van der Waals surface area contributed by atoms with Crippen LogP contribution in [0.2, 0.25) is 0 Å². The number of hydrogen-bond acceptors (Lipinski definition) is 5. The molecule has 1 aromatic heterocycles. The highest BCUT2D eigenvalue weighted by Gasteiger charge is 2.23. The van der Waals surface area contributed by atoms with Gasteiger partial charge < -0.3 is 14.2 Å². The lowest BCUT2D eigenvalue weighted by Gasteiger charge is -2.34. The molecule has 0 N–H and O–H groups in total. The molecule has 1 amide bonds. The molecular formula is C19H25N3O3. The molecule has 1 aromatic carbocycles. The Morgan fingerprint density at radius 1 is 1.24 bits per heavy atom. The fraction of sp³-hybridized carbons (Fsp3) is 0.474. The lowest BCUT2D eigenvalue weighted by atomic mass is 10.1. The topological polar surface area (TPSA) is 58.8 Å². The molecule has 6 heteroatoms. The van der Waals surface area contributed by atoms with Crippen LogP contribution in [-0.2, 0) is 17.8 Å². The molecule has 2 heterocycles. The first-order valence-electron chi connectivity index (χ1n) is 8.61. The van der Waals surface area contributed by atoms with Crippen LogP contribution in [0, 0.1) is 13.8 Å². The van der Waals surface area contributed by atoms with Gasteiger partial charge in [0.2, 0.25) is 5.91 Å². The summed E-state index contributed by atoms with van der Waals surface area (Å²) >= 11 is 0. The number of rotatable bonds is 5. The standard InChI is InChI=1S/C19H25N3O3/c1-14-18(15(2)25-20-14)13-21-7-9-22(10-8-21)19(23)12-16-5-4-6-17(11-16)24-3/h4-6,11H,7-10,12-13H2,1-3H3. The molecule has 0 aliphatic carbocycles. The number of benzene rings is 1. The van der Waals surface area contributed by atoms with Crippen LogP contribution in [0.15, 0.2) is 28.8 Å². The first-order chi connectivity index (χ1) is 12.1. The second-order valence-electron chi connectivity index (χ2n) is 6.49. The van der Waals surface area contributed by atoms with Crippen molar-refractivity contribution in [1.82, 2.24) is 15.0 Å². The molecule has 2 aromatic rings. The van der Waals surface area contributed by atoms with Gasteiger partial charge in [-0.3, -0.25) is 9.69 Å². The minimum Gasteiger partial charge on any atom is -0.497 e. The summed E-state index contributed by atoms with van der Waals surface area (Å²) in [5.41, 5.74) is 3.10. The molecule has 6 nitrogen and oxygen atoms in total. The van der Waals surface area contributed by atoms with Crippen molar-refractivity contribution in [1.29, 1.82) is 0 Å². The van der Waals surface area contributed by atoms with Crippen LogP contribution < -0.4 is 4.74 Å². The van der Waals surface area contributed by atoms with E-state index in [1.54, 1.807) is 7.11 Å². The largest absolute Gasteiger partial charge is 0.497 e. The van der Waals surface area contributed by atoms with Crippen molar-refractivity contribution in [3.05, 3.63) is 46.8 Å². The quantitative estimate of drug-likeness (QED) is 0.833. The molecule has 0 atom stereocenters. The van der Waals surface area contributed by atoms with Crippen LogP contribution >= 0.6 is 0 Å². The SMILES string of the molecule is COc1cccc(CC(=O)N2CCN(Cc3c(C)noc3C)CC2)c1. The Bertz CT molecular complexity index is 714. The number of carbonyl (C=O) groups excluding carboxylic acids is 1. The third-order valence-electron chi connectivity index (χ3n) is 4.78. The number of ether oxygens (including phenoxy) is 1. The molecule has 0 radical (unpaired) electrons. The highest BCUT2D eigenvalue weighted by molar-refractivity contribution is 5.79. The third-order valence-corrected chi connectivity index (χ3v) is 4.78. The average Bonchev–Trinajstić information content (AvgIpc) is 2.94. The van der Waals surface area contributed by atoms with E-state index < -0.39 is 0 Å². The summed E-state index contributed by atoms with van der Waals surface area (Å²) in [7, 11) is 1.64. The summed E-state index contributed by atoms with van der Waals surface area (Å²) in [6.07, 6.45) is 0.418. The number of aromatic nitrogens is 1. The Balaban J connectivity index is 1.52. The first kappa shape index (κ1) is 17.5. The van der Waals surface area contributed by atoms with Gasteiger partial charge in [-0.05, 0) is 31.5 Å². The van der Waals surface area contributed by atoms with Gasteiger partial charge in [-0.15, -0.1) is 0 Å². The molecule has 1 aliphatic heterocycles. The molecule has 1 aliphatic rings. The lowest BCUT2D eigenvalue weighted by molar-refractivity contribution is -0.132. The fourth-order valence-electron chi connectivity index (χ4n) is 3.18. The highest BCUT2D eigenvalue weighted by atomic mass is 16.5. The number of piperazine rings is 1. The van der Waals surface area contributed by atoms with Gasteiger partial charge in [-0.2, -0.15) is 0 Å². The molecule has 1 saturated heterocycles. The summed E-state index contributed by atoms with van der Waals surface area (Å²) in [5.74, 6) is 1.84. The van der Waals surface area contributed by atoms with Crippen molar-refractivity contribution in [3.63, 3.8) is 0 Å². The Morgan fingerprint density at radius 3 is 2.64 bits per heavy atom. The van der Waals surface area contributed by atoms with E-state index in [1.165, 1.54) is 0 Å². The molecule has 25 heavy (non-hydrogen) atoms. The number of carbonyl (C=O) groups is 1. The summed E-state index contributed by atoms with van der Waals surface area (Å²) in [5, 5.41) is 4.01. The number of methoxy groups -OCH3 is 1. The van der Waals surface area contributed by atoms with E-state index in [0.717, 1.165) is 61.1 Å². The Hall–Kier alpha value is -2.34. The second kappa shape index (κ2) is 7.70. The van der Waals surface area contributed by atoms with Crippen molar-refractivity contribution in [2.24, 2.45) is 0 Å². The van der Waals surface area contributed by atoms with Crippen LogP contribution in [0.25, 0.3) is 0 Å². The number of aryl methyl sites for hydroxylation is 2. The van der Waals surface area contributed by atoms with Crippen molar-refractivity contribution in [2.75, 3.05) is 33.3 Å². The van der Waals surface area contributed by atoms with E-state index in [-0.39, 0.29) is 5.91 Å². The zero-order chi connectivity index (χ0) is 17.8. The van der Waals surface area contributed by atoms with Gasteiger partial charge in [-0.25, -0.2) is 0 Å². The highest BCUT2D eigenvalue weighted by Crippen LogP contribution is 2.17. The molecular weight excluding hydrogens is 318 g/mol. The lowest BCUT2D eigenvalue weighted by Crippen LogP contribution is -2.48. The van der Waals surface area contributed by atoms with Gasteiger partial charge in [-0.1, -0.05) is 17.3 Å². The molecule has 3 rings (SSSR count). The Morgan fingerprint density at radius 2 is 2.00 bits per heavy atom. The van der Waals surface area contributed by atoms with E-state index >= 15 is 0 Å². The molecule has 1 fully saturated rings. The van der Waals surface area contributed by atoms with Gasteiger partial charge in [0.15, 0.2) is 0 Å². The van der Waals surface area contributed by atoms with Crippen LogP contribution in [0.5, 0.6) is 5.75 Å². The number of nitrogens with zero attached hydrogens (tertiary/aromatic N) is 3. The van der Waals surface area contributed by atoms with E-state index in [4.69, 9.17) is 9.26 Å². The summed E-state index contributed by atoms with van der Waals surface area (Å²) in [6.45, 7) is 8.00. The second-order valence-corrected chi connectivity index (χ2v) is 6.49. The minimum atomic E-state index is 0.172. The van der Waals surface area contributed by atoms with Crippen molar-refractivity contribution in [2.45, 2.75) is 26.8 Å². The van der Waals surface area contributed by atoms with Gasteiger partial charge >= 0.3 is 0 Å². The van der Waals surface area contributed by atoms with Gasteiger partial charge in [0.1, 0.15) is 11.5 Å². The molecule has 0 spiro atoms. The zero-order valence-corrected chi connectivity index (χ0v) is 15.1. The maximum Gasteiger partial charge on any atom is 0.227 e. The molecule has 0 bridgehead atoms. The zero-order valence-electron chi connectivity index (χ0n) is 15.1. The van der Waals surface area contributed by atoms with Gasteiger partial charge in [0.05, 0.1) is 19.2 Å². The van der Waals surface area contributed by atoms with E-state index in [9.17, 15) is 4.79 Å². The number of amides is 1. The molecule has 0 unspecified atom stereocenters. The number of hydrogen-bond donors (Lipinski definition) is 0. The predicted molar refractivity (Wildman–Crippen MR) is 94.5 cm³/mol. The monoisotopic (exact) mass is 343 g/mol. The van der Waals surface area contributed by atoms with Crippen molar-refractivity contribution < 1.29 is 14.1 Å². The minimum absolute atomic E-state index is 0.172. The van der Waals surface area contributed by atoms with E-state index in [2.05, 4.69) is 10.1 Å². The van der Waals surface area contributed by atoms with Crippen LogP contribution in [0.3, 0.4) is 0 Å². The molecule has 134 valence electrons. The van der Waals surface area contributed by atoms with Crippen LogP contribution in [0.4, 0.5) is 0 Å². The average molecular weight is 343 g/mol. The van der Waals surface area contributed by atoms with Crippen LogP contribution in [-0.4, -0.2) is 54.2 Å². The predicted octanol–water partition coefficient (Wildman–Crippen LogP) is 2.19. The summed E-state index contributed by atoms with van der Waals surface area (Å²) in [6, 6.07) is 7.70. The Kier molecular flexibility index (Phi) is 5.38. The maximum atomic E-state index is 12.5. The normalized spacial score (nSPS) is 15.4. The smallest absolute Gasteiger partial charge is 0.227 e. The van der Waals surface area contributed by atoms with Gasteiger partial charge in [0, 0.05) is 38.3 Å². The fourth-order valence-corrected chi connectivity index (χ4v) is 3.18. The maximum absolute atomic E-state index is 12.5. The van der Waals surface area contributed by atoms with Crippen molar-refractivity contribution >= 4 is 5.91 Å². The summed E-state index contributed by atoms with van der Waals surface area (Å²) in [4.78, 5) is 16.8. The van der Waals surface area contributed by atoms with Gasteiger partial charge in [0.25, 0.3) is 0 Å². The first-order valence-corrected chi connectivity index (χ1v) is 8.61. The third kappa shape index (κ3) is 4.20. The molecule has 0 saturated carbocycles. The van der Waals surface area contributed by atoms with E-state index in [0.29, 0.717) is 6.42 Å². The van der Waals surface area contributed by atoms with E-state index in [1.807, 2.05) is 43.0 Å². The Labute approximate surface area is 148 Å². The van der Waals surface area contributed by atoms with Crippen molar-refractivity contribution in [3.8, 4) is 5.75 Å². The van der Waals surface area contributed by atoms with Crippen LogP contribution in [0.1, 0.15) is 22.6 Å².